The lowest BCUT2D eigenvalue weighted by Gasteiger charge is -2.21. The van der Waals surface area contributed by atoms with E-state index in [1.54, 1.807) is 50.3 Å². The fraction of sp³-hybridized carbons (Fsp3) is 0.273. The van der Waals surface area contributed by atoms with E-state index < -0.39 is 12.1 Å². The minimum Gasteiger partial charge on any atom is -0.497 e. The van der Waals surface area contributed by atoms with Gasteiger partial charge < -0.3 is 19.1 Å². The normalized spacial score (nSPS) is 13.9. The standard InChI is InChI=1S/C22H23NO5/c1-15(22(25)23-13-12-16-6-4-5-7-19(16)23)28-21(24)11-8-17-14-18(26-2)9-10-20(17)27-3/h4-11,14-15H,12-13H2,1-3H3/b11-8+/t15-/m1/s1. The summed E-state index contributed by atoms with van der Waals surface area (Å²) in [4.78, 5) is 26.6. The molecule has 0 saturated heterocycles. The van der Waals surface area contributed by atoms with Gasteiger partial charge >= 0.3 is 5.97 Å². The summed E-state index contributed by atoms with van der Waals surface area (Å²) in [5, 5.41) is 0. The Morgan fingerprint density at radius 3 is 2.64 bits per heavy atom. The molecule has 28 heavy (non-hydrogen) atoms. The highest BCUT2D eigenvalue weighted by molar-refractivity contribution is 6.00. The number of hydrogen-bond donors (Lipinski definition) is 0. The Hall–Kier alpha value is -3.28. The number of ether oxygens (including phenoxy) is 3. The number of anilines is 1. The van der Waals surface area contributed by atoms with Crippen molar-refractivity contribution < 1.29 is 23.8 Å². The summed E-state index contributed by atoms with van der Waals surface area (Å²) in [5.41, 5.74) is 2.68. The van der Waals surface area contributed by atoms with Crippen LogP contribution in [0.3, 0.4) is 0 Å². The summed E-state index contributed by atoms with van der Waals surface area (Å²) in [6.07, 6.45) is 2.78. The van der Waals surface area contributed by atoms with E-state index in [-0.39, 0.29) is 5.91 Å². The number of para-hydroxylation sites is 1. The van der Waals surface area contributed by atoms with E-state index in [1.807, 2.05) is 24.3 Å². The van der Waals surface area contributed by atoms with Crippen LogP contribution in [0.15, 0.2) is 48.5 Å². The highest BCUT2D eigenvalue weighted by Crippen LogP contribution is 2.28. The number of hydrogen-bond acceptors (Lipinski definition) is 5. The second-order valence-corrected chi connectivity index (χ2v) is 6.39. The third kappa shape index (κ3) is 4.17. The van der Waals surface area contributed by atoms with Gasteiger partial charge in [0.2, 0.25) is 0 Å². The monoisotopic (exact) mass is 381 g/mol. The molecule has 0 bridgehead atoms. The van der Waals surface area contributed by atoms with Gasteiger partial charge in [-0.05, 0) is 49.2 Å². The van der Waals surface area contributed by atoms with E-state index in [4.69, 9.17) is 14.2 Å². The van der Waals surface area contributed by atoms with Crippen LogP contribution < -0.4 is 14.4 Å². The topological polar surface area (TPSA) is 65.1 Å². The van der Waals surface area contributed by atoms with E-state index in [0.29, 0.717) is 23.6 Å². The molecule has 2 aromatic carbocycles. The average Bonchev–Trinajstić information content (AvgIpc) is 3.15. The molecule has 0 N–H and O–H groups in total. The van der Waals surface area contributed by atoms with Crippen molar-refractivity contribution in [1.29, 1.82) is 0 Å². The molecule has 3 rings (SSSR count). The first-order valence-electron chi connectivity index (χ1n) is 9.03. The highest BCUT2D eigenvalue weighted by atomic mass is 16.5. The van der Waals surface area contributed by atoms with Crippen molar-refractivity contribution in [2.75, 3.05) is 25.7 Å². The van der Waals surface area contributed by atoms with Gasteiger partial charge in [-0.25, -0.2) is 4.79 Å². The summed E-state index contributed by atoms with van der Waals surface area (Å²) in [6.45, 7) is 2.18. The maximum atomic E-state index is 12.7. The molecule has 1 heterocycles. The summed E-state index contributed by atoms with van der Waals surface area (Å²) < 4.78 is 15.8. The Bertz CT molecular complexity index is 906. The van der Waals surface area contributed by atoms with Crippen molar-refractivity contribution in [1.82, 2.24) is 0 Å². The second-order valence-electron chi connectivity index (χ2n) is 6.39. The molecule has 6 nitrogen and oxygen atoms in total. The molecule has 1 aliphatic rings. The molecule has 0 aromatic heterocycles. The van der Waals surface area contributed by atoms with Gasteiger partial charge in [0.1, 0.15) is 11.5 Å². The number of fused-ring (bicyclic) bond motifs is 1. The Morgan fingerprint density at radius 1 is 1.11 bits per heavy atom. The zero-order valence-corrected chi connectivity index (χ0v) is 16.2. The molecule has 0 aliphatic carbocycles. The van der Waals surface area contributed by atoms with E-state index in [2.05, 4.69) is 0 Å². The van der Waals surface area contributed by atoms with Crippen LogP contribution in [0.2, 0.25) is 0 Å². The van der Waals surface area contributed by atoms with Crippen LogP contribution in [0.25, 0.3) is 6.08 Å². The molecule has 0 unspecified atom stereocenters. The number of rotatable bonds is 6. The van der Waals surface area contributed by atoms with E-state index in [0.717, 1.165) is 17.7 Å². The molecular weight excluding hydrogens is 358 g/mol. The number of benzene rings is 2. The molecular formula is C22H23NO5. The van der Waals surface area contributed by atoms with Crippen molar-refractivity contribution in [3.63, 3.8) is 0 Å². The third-order valence-electron chi connectivity index (χ3n) is 4.63. The number of nitrogens with zero attached hydrogens (tertiary/aromatic N) is 1. The van der Waals surface area contributed by atoms with Crippen LogP contribution in [0.1, 0.15) is 18.1 Å². The van der Waals surface area contributed by atoms with E-state index in [9.17, 15) is 9.59 Å². The van der Waals surface area contributed by atoms with Gasteiger partial charge in [0.15, 0.2) is 6.10 Å². The molecule has 0 fully saturated rings. The maximum absolute atomic E-state index is 12.7. The number of amides is 1. The fourth-order valence-electron chi connectivity index (χ4n) is 3.18. The third-order valence-corrected chi connectivity index (χ3v) is 4.63. The lowest BCUT2D eigenvalue weighted by molar-refractivity contribution is -0.149. The molecule has 1 amide bonds. The molecule has 6 heteroatoms. The molecule has 1 aliphatic heterocycles. The van der Waals surface area contributed by atoms with Gasteiger partial charge in [0.25, 0.3) is 5.91 Å². The summed E-state index contributed by atoms with van der Waals surface area (Å²) in [7, 11) is 3.11. The Morgan fingerprint density at radius 2 is 1.89 bits per heavy atom. The van der Waals surface area contributed by atoms with Crippen LogP contribution in [0.4, 0.5) is 5.69 Å². The van der Waals surface area contributed by atoms with Gasteiger partial charge in [-0.15, -0.1) is 0 Å². The van der Waals surface area contributed by atoms with E-state index >= 15 is 0 Å². The first-order valence-corrected chi connectivity index (χ1v) is 9.03. The van der Waals surface area contributed by atoms with Crippen LogP contribution in [-0.4, -0.2) is 38.7 Å². The molecule has 0 radical (unpaired) electrons. The quantitative estimate of drug-likeness (QED) is 0.568. The zero-order chi connectivity index (χ0) is 20.1. The summed E-state index contributed by atoms with van der Waals surface area (Å²) in [6, 6.07) is 13.0. The van der Waals surface area contributed by atoms with Crippen LogP contribution >= 0.6 is 0 Å². The average molecular weight is 381 g/mol. The van der Waals surface area contributed by atoms with Gasteiger partial charge in [0.05, 0.1) is 14.2 Å². The van der Waals surface area contributed by atoms with Crippen molar-refractivity contribution in [2.45, 2.75) is 19.4 Å². The summed E-state index contributed by atoms with van der Waals surface area (Å²) >= 11 is 0. The molecule has 146 valence electrons. The van der Waals surface area contributed by atoms with Crippen molar-refractivity contribution in [3.8, 4) is 11.5 Å². The first kappa shape index (κ1) is 19.5. The predicted molar refractivity (Wildman–Crippen MR) is 107 cm³/mol. The molecule has 2 aromatic rings. The smallest absolute Gasteiger partial charge is 0.331 e. The summed E-state index contributed by atoms with van der Waals surface area (Å²) in [5.74, 6) is 0.413. The van der Waals surface area contributed by atoms with Gasteiger partial charge in [-0.2, -0.15) is 0 Å². The zero-order valence-electron chi connectivity index (χ0n) is 16.2. The lowest BCUT2D eigenvalue weighted by atomic mass is 10.1. The molecule has 0 spiro atoms. The number of methoxy groups -OCH3 is 2. The number of esters is 1. The Balaban J connectivity index is 1.65. The van der Waals surface area contributed by atoms with Crippen molar-refractivity contribution >= 4 is 23.6 Å². The Kier molecular flexibility index (Phi) is 5.99. The second kappa shape index (κ2) is 8.61. The number of carbonyl (C=O) groups is 2. The highest BCUT2D eigenvalue weighted by Gasteiger charge is 2.29. The van der Waals surface area contributed by atoms with Crippen LogP contribution in [-0.2, 0) is 20.7 Å². The van der Waals surface area contributed by atoms with Crippen LogP contribution in [0, 0.1) is 0 Å². The van der Waals surface area contributed by atoms with Gasteiger partial charge in [0, 0.05) is 23.9 Å². The molecule has 0 saturated carbocycles. The van der Waals surface area contributed by atoms with Gasteiger partial charge in [-0.3, -0.25) is 4.79 Å². The fourth-order valence-corrected chi connectivity index (χ4v) is 3.18. The van der Waals surface area contributed by atoms with Crippen molar-refractivity contribution in [3.05, 3.63) is 59.7 Å². The minimum atomic E-state index is -0.879. The predicted octanol–water partition coefficient (Wildman–Crippen LogP) is 3.24. The van der Waals surface area contributed by atoms with Crippen LogP contribution in [0.5, 0.6) is 11.5 Å². The molecule has 1 atom stereocenters. The maximum Gasteiger partial charge on any atom is 0.331 e. The number of carbonyl (C=O) groups excluding carboxylic acids is 2. The van der Waals surface area contributed by atoms with Gasteiger partial charge in [-0.1, -0.05) is 18.2 Å². The van der Waals surface area contributed by atoms with E-state index in [1.165, 1.54) is 6.08 Å². The first-order chi connectivity index (χ1) is 13.5. The minimum absolute atomic E-state index is 0.231. The largest absolute Gasteiger partial charge is 0.497 e. The SMILES string of the molecule is COc1ccc(OC)c(/C=C/C(=O)O[C@H](C)C(=O)N2CCc3ccccc32)c1. The Labute approximate surface area is 164 Å². The lowest BCUT2D eigenvalue weighted by Crippen LogP contribution is -2.38. The van der Waals surface area contributed by atoms with Crippen molar-refractivity contribution in [2.24, 2.45) is 0 Å².